The van der Waals surface area contributed by atoms with E-state index in [1.54, 1.807) is 0 Å². The lowest BCUT2D eigenvalue weighted by Gasteiger charge is -2.45. The molecule has 0 amide bonds. The number of isocyanates is 1. The first-order chi connectivity index (χ1) is 10.8. The van der Waals surface area contributed by atoms with Crippen LogP contribution in [-0.2, 0) is 10.3 Å². The van der Waals surface area contributed by atoms with E-state index in [2.05, 4.69) is 34.2 Å². The first kappa shape index (κ1) is 14.2. The van der Waals surface area contributed by atoms with Crippen molar-refractivity contribution in [2.24, 2.45) is 10.9 Å². The van der Waals surface area contributed by atoms with Crippen LogP contribution in [0.15, 0.2) is 29.3 Å². The van der Waals surface area contributed by atoms with Gasteiger partial charge in [0.1, 0.15) is 0 Å². The molecule has 3 aliphatic heterocycles. The molecule has 3 nitrogen and oxygen atoms in total. The lowest BCUT2D eigenvalue weighted by Crippen LogP contribution is -2.46. The number of piperidine rings is 3. The third-order valence-corrected chi connectivity index (χ3v) is 6.22. The summed E-state index contributed by atoms with van der Waals surface area (Å²) in [7, 11) is 0. The molecule has 0 radical (unpaired) electrons. The van der Waals surface area contributed by atoms with Gasteiger partial charge in [0.2, 0.25) is 6.08 Å². The number of nitrogens with zero attached hydrogens (tertiary/aromatic N) is 2. The van der Waals surface area contributed by atoms with Gasteiger partial charge in [0.05, 0.1) is 5.54 Å². The van der Waals surface area contributed by atoms with Crippen molar-refractivity contribution in [3.63, 3.8) is 0 Å². The largest absolute Gasteiger partial charge is 0.303 e. The van der Waals surface area contributed by atoms with E-state index in [1.807, 2.05) is 6.08 Å². The van der Waals surface area contributed by atoms with Crippen LogP contribution < -0.4 is 0 Å². The van der Waals surface area contributed by atoms with E-state index < -0.39 is 0 Å². The maximum atomic E-state index is 10.8. The van der Waals surface area contributed by atoms with Crippen molar-refractivity contribution in [1.29, 1.82) is 0 Å². The highest BCUT2D eigenvalue weighted by Crippen LogP contribution is 2.43. The SMILES string of the molecule is O=C=NC1(c2ccc(C3CN4CCC3CC4)cc2)CCCC1. The van der Waals surface area contributed by atoms with Crippen LogP contribution in [-0.4, -0.2) is 30.6 Å². The summed E-state index contributed by atoms with van der Waals surface area (Å²) in [6.45, 7) is 3.80. The fourth-order valence-electron chi connectivity index (χ4n) is 4.90. The Kier molecular flexibility index (Phi) is 3.63. The van der Waals surface area contributed by atoms with Gasteiger partial charge < -0.3 is 4.90 Å². The Bertz CT molecular complexity index is 574. The zero-order valence-electron chi connectivity index (χ0n) is 13.1. The van der Waals surface area contributed by atoms with Gasteiger partial charge in [-0.05, 0) is 61.7 Å². The van der Waals surface area contributed by atoms with E-state index in [-0.39, 0.29) is 5.54 Å². The fourth-order valence-corrected chi connectivity index (χ4v) is 4.90. The Balaban J connectivity index is 1.59. The molecule has 1 aliphatic carbocycles. The number of carbonyl (C=O) groups excluding carboxylic acids is 1. The first-order valence-corrected chi connectivity index (χ1v) is 8.73. The van der Waals surface area contributed by atoms with Crippen molar-refractivity contribution < 1.29 is 4.79 Å². The minimum atomic E-state index is -0.282. The van der Waals surface area contributed by atoms with E-state index in [0.29, 0.717) is 5.92 Å². The summed E-state index contributed by atoms with van der Waals surface area (Å²) >= 11 is 0. The summed E-state index contributed by atoms with van der Waals surface area (Å²) in [4.78, 5) is 17.6. The fraction of sp³-hybridized carbons (Fsp3) is 0.632. The standard InChI is InChI=1S/C19H24N2O/c22-14-20-19(9-1-2-10-19)17-5-3-15(4-6-17)18-13-21-11-7-16(18)8-12-21/h3-6,16,18H,1-2,7-13H2. The Morgan fingerprint density at radius 3 is 2.32 bits per heavy atom. The van der Waals surface area contributed by atoms with Gasteiger partial charge in [0, 0.05) is 6.54 Å². The van der Waals surface area contributed by atoms with Gasteiger partial charge in [0.25, 0.3) is 0 Å². The van der Waals surface area contributed by atoms with Gasteiger partial charge in [-0.15, -0.1) is 0 Å². The molecule has 0 aromatic heterocycles. The van der Waals surface area contributed by atoms with Crippen molar-refractivity contribution in [3.8, 4) is 0 Å². The normalized spacial score (nSPS) is 32.6. The molecule has 3 saturated heterocycles. The third kappa shape index (κ3) is 2.33. The summed E-state index contributed by atoms with van der Waals surface area (Å²) in [6.07, 6.45) is 8.82. The van der Waals surface area contributed by atoms with Gasteiger partial charge in [-0.3, -0.25) is 0 Å². The number of benzene rings is 1. The predicted molar refractivity (Wildman–Crippen MR) is 86.6 cm³/mol. The van der Waals surface area contributed by atoms with Gasteiger partial charge in [-0.2, -0.15) is 4.99 Å². The van der Waals surface area contributed by atoms with E-state index in [0.717, 1.165) is 31.6 Å². The molecule has 22 heavy (non-hydrogen) atoms. The lowest BCUT2D eigenvalue weighted by atomic mass is 9.75. The molecular formula is C19H24N2O. The van der Waals surface area contributed by atoms with Crippen LogP contribution in [0, 0.1) is 5.92 Å². The molecule has 3 heteroatoms. The highest BCUT2D eigenvalue weighted by atomic mass is 16.1. The second-order valence-electron chi connectivity index (χ2n) is 7.31. The van der Waals surface area contributed by atoms with Crippen molar-refractivity contribution in [2.45, 2.75) is 50.0 Å². The maximum Gasteiger partial charge on any atom is 0.235 e. The van der Waals surface area contributed by atoms with Crippen molar-refractivity contribution in [3.05, 3.63) is 35.4 Å². The highest BCUT2D eigenvalue weighted by Gasteiger charge is 2.37. The lowest BCUT2D eigenvalue weighted by molar-refractivity contribution is 0.0871. The smallest absolute Gasteiger partial charge is 0.235 e. The Hall–Kier alpha value is -1.44. The molecule has 2 bridgehead atoms. The molecule has 1 aromatic rings. The maximum absolute atomic E-state index is 10.8. The van der Waals surface area contributed by atoms with Crippen LogP contribution in [0.1, 0.15) is 55.6 Å². The summed E-state index contributed by atoms with van der Waals surface area (Å²) in [5, 5.41) is 0. The van der Waals surface area contributed by atoms with Crippen LogP contribution in [0.25, 0.3) is 0 Å². The molecule has 1 saturated carbocycles. The molecule has 116 valence electrons. The summed E-state index contributed by atoms with van der Waals surface area (Å²) in [6, 6.07) is 9.03. The number of aliphatic imine (C=N–C) groups is 1. The second kappa shape index (κ2) is 5.64. The van der Waals surface area contributed by atoms with Gasteiger partial charge in [-0.25, -0.2) is 4.79 Å². The zero-order chi connectivity index (χ0) is 15.0. The minimum Gasteiger partial charge on any atom is -0.303 e. The van der Waals surface area contributed by atoms with Crippen LogP contribution in [0.4, 0.5) is 0 Å². The molecule has 4 fully saturated rings. The van der Waals surface area contributed by atoms with Crippen LogP contribution >= 0.6 is 0 Å². The molecule has 5 rings (SSSR count). The molecule has 1 aromatic carbocycles. The monoisotopic (exact) mass is 296 g/mol. The molecular weight excluding hydrogens is 272 g/mol. The molecule has 1 unspecified atom stereocenters. The van der Waals surface area contributed by atoms with E-state index in [1.165, 1.54) is 43.6 Å². The highest BCUT2D eigenvalue weighted by molar-refractivity contribution is 5.40. The number of hydrogen-bond acceptors (Lipinski definition) is 3. The van der Waals surface area contributed by atoms with Crippen molar-refractivity contribution in [2.75, 3.05) is 19.6 Å². The van der Waals surface area contributed by atoms with Crippen LogP contribution in [0.5, 0.6) is 0 Å². The van der Waals surface area contributed by atoms with E-state index in [9.17, 15) is 4.79 Å². The molecule has 0 N–H and O–H groups in total. The number of hydrogen-bond donors (Lipinski definition) is 0. The summed E-state index contributed by atoms with van der Waals surface area (Å²) < 4.78 is 0. The summed E-state index contributed by atoms with van der Waals surface area (Å²) in [5.41, 5.74) is 2.40. The van der Waals surface area contributed by atoms with Gasteiger partial charge >= 0.3 is 0 Å². The van der Waals surface area contributed by atoms with E-state index >= 15 is 0 Å². The van der Waals surface area contributed by atoms with Crippen LogP contribution in [0.2, 0.25) is 0 Å². The average molecular weight is 296 g/mol. The third-order valence-electron chi connectivity index (χ3n) is 6.22. The quantitative estimate of drug-likeness (QED) is 0.630. The molecule has 0 spiro atoms. The number of rotatable bonds is 3. The Morgan fingerprint density at radius 1 is 1.09 bits per heavy atom. The second-order valence-corrected chi connectivity index (χ2v) is 7.31. The minimum absolute atomic E-state index is 0.282. The van der Waals surface area contributed by atoms with E-state index in [4.69, 9.17) is 0 Å². The molecule has 1 atom stereocenters. The number of fused-ring (bicyclic) bond motifs is 3. The first-order valence-electron chi connectivity index (χ1n) is 8.73. The molecule has 4 aliphatic rings. The average Bonchev–Trinajstić information content (AvgIpc) is 3.06. The summed E-state index contributed by atoms with van der Waals surface area (Å²) in [5.74, 6) is 1.56. The zero-order valence-corrected chi connectivity index (χ0v) is 13.1. The van der Waals surface area contributed by atoms with Crippen LogP contribution in [0.3, 0.4) is 0 Å². The molecule has 3 heterocycles. The Morgan fingerprint density at radius 2 is 1.77 bits per heavy atom. The van der Waals surface area contributed by atoms with Crippen molar-refractivity contribution >= 4 is 6.08 Å². The predicted octanol–water partition coefficient (Wildman–Crippen LogP) is 3.60. The van der Waals surface area contributed by atoms with Gasteiger partial charge in [0.15, 0.2) is 0 Å². The Labute approximate surface area is 132 Å². The van der Waals surface area contributed by atoms with Crippen molar-refractivity contribution in [1.82, 2.24) is 4.90 Å². The van der Waals surface area contributed by atoms with Gasteiger partial charge in [-0.1, -0.05) is 37.1 Å². The topological polar surface area (TPSA) is 32.7 Å².